The first kappa shape index (κ1) is 14.8. The fraction of sp³-hybridized carbons (Fsp3) is 0.111. The highest BCUT2D eigenvalue weighted by Gasteiger charge is 2.23. The van der Waals surface area contributed by atoms with E-state index in [1.807, 2.05) is 53.2 Å². The number of rotatable bonds is 3. The SMILES string of the molecule is COc1cccc(C2=C[C@H](c3cccc(Cl)c3)n3ncnc3N2)c1. The molecule has 6 heteroatoms. The minimum absolute atomic E-state index is 0.0800. The maximum atomic E-state index is 6.16. The molecule has 0 bridgehead atoms. The predicted molar refractivity (Wildman–Crippen MR) is 94.2 cm³/mol. The van der Waals surface area contributed by atoms with Crippen LogP contribution < -0.4 is 10.1 Å². The van der Waals surface area contributed by atoms with E-state index < -0.39 is 0 Å². The van der Waals surface area contributed by atoms with E-state index in [2.05, 4.69) is 21.5 Å². The molecule has 1 aliphatic rings. The van der Waals surface area contributed by atoms with Crippen molar-refractivity contribution in [3.05, 3.63) is 77.1 Å². The average molecular weight is 339 g/mol. The van der Waals surface area contributed by atoms with Gasteiger partial charge in [0.15, 0.2) is 0 Å². The molecule has 120 valence electrons. The number of hydrogen-bond acceptors (Lipinski definition) is 4. The van der Waals surface area contributed by atoms with E-state index >= 15 is 0 Å². The molecule has 0 unspecified atom stereocenters. The van der Waals surface area contributed by atoms with Crippen molar-refractivity contribution < 1.29 is 4.74 Å². The molecule has 0 fully saturated rings. The molecule has 1 aliphatic heterocycles. The Kier molecular flexibility index (Phi) is 3.70. The van der Waals surface area contributed by atoms with Crippen molar-refractivity contribution in [1.82, 2.24) is 14.8 Å². The topological polar surface area (TPSA) is 52.0 Å². The quantitative estimate of drug-likeness (QED) is 0.784. The molecule has 2 heterocycles. The molecule has 1 N–H and O–H groups in total. The number of hydrogen-bond donors (Lipinski definition) is 1. The molecule has 0 amide bonds. The lowest BCUT2D eigenvalue weighted by Crippen LogP contribution is -2.20. The van der Waals surface area contributed by atoms with Crippen LogP contribution in [0.2, 0.25) is 5.02 Å². The maximum absolute atomic E-state index is 6.16. The van der Waals surface area contributed by atoms with Gasteiger partial charge in [-0.2, -0.15) is 10.1 Å². The summed E-state index contributed by atoms with van der Waals surface area (Å²) in [6.07, 6.45) is 3.66. The van der Waals surface area contributed by atoms with Gasteiger partial charge in [-0.15, -0.1) is 0 Å². The van der Waals surface area contributed by atoms with Gasteiger partial charge in [0.2, 0.25) is 5.95 Å². The second kappa shape index (κ2) is 6.02. The zero-order valence-corrected chi connectivity index (χ0v) is 13.7. The monoisotopic (exact) mass is 338 g/mol. The first-order chi connectivity index (χ1) is 11.7. The van der Waals surface area contributed by atoms with Gasteiger partial charge in [-0.05, 0) is 35.9 Å². The summed E-state index contributed by atoms with van der Waals surface area (Å²) >= 11 is 6.16. The van der Waals surface area contributed by atoms with Crippen LogP contribution in [0.3, 0.4) is 0 Å². The van der Waals surface area contributed by atoms with Crippen LogP contribution in [0.5, 0.6) is 5.75 Å². The van der Waals surface area contributed by atoms with Gasteiger partial charge in [-0.3, -0.25) is 0 Å². The van der Waals surface area contributed by atoms with Crippen molar-refractivity contribution in [3.63, 3.8) is 0 Å². The first-order valence-electron chi connectivity index (χ1n) is 7.53. The molecule has 0 saturated carbocycles. The average Bonchev–Trinajstić information content (AvgIpc) is 3.09. The molecule has 1 aromatic heterocycles. The molecule has 0 radical (unpaired) electrons. The van der Waals surface area contributed by atoms with Gasteiger partial charge in [0.25, 0.3) is 0 Å². The molecular formula is C18H15ClN4O. The number of anilines is 1. The molecular weight excluding hydrogens is 324 g/mol. The second-order valence-electron chi connectivity index (χ2n) is 5.47. The van der Waals surface area contributed by atoms with Crippen LogP contribution in [0.1, 0.15) is 17.2 Å². The number of aromatic nitrogens is 3. The highest BCUT2D eigenvalue weighted by atomic mass is 35.5. The zero-order valence-electron chi connectivity index (χ0n) is 13.0. The van der Waals surface area contributed by atoms with Crippen LogP contribution in [-0.4, -0.2) is 21.9 Å². The van der Waals surface area contributed by atoms with E-state index in [0.29, 0.717) is 11.0 Å². The van der Waals surface area contributed by atoms with Crippen molar-refractivity contribution >= 4 is 23.2 Å². The third kappa shape index (κ3) is 2.63. The Morgan fingerprint density at radius 2 is 2.04 bits per heavy atom. The van der Waals surface area contributed by atoms with Crippen LogP contribution in [-0.2, 0) is 0 Å². The Balaban J connectivity index is 1.81. The van der Waals surface area contributed by atoms with E-state index in [9.17, 15) is 0 Å². The van der Waals surface area contributed by atoms with Crippen molar-refractivity contribution in [3.8, 4) is 5.75 Å². The van der Waals surface area contributed by atoms with Gasteiger partial charge in [0, 0.05) is 16.3 Å². The lowest BCUT2D eigenvalue weighted by molar-refractivity contribution is 0.414. The van der Waals surface area contributed by atoms with E-state index in [4.69, 9.17) is 16.3 Å². The largest absolute Gasteiger partial charge is 0.497 e. The highest BCUT2D eigenvalue weighted by Crippen LogP contribution is 2.33. The summed E-state index contributed by atoms with van der Waals surface area (Å²) in [6, 6.07) is 15.6. The number of methoxy groups -OCH3 is 1. The van der Waals surface area contributed by atoms with Crippen LogP contribution >= 0.6 is 11.6 Å². The lowest BCUT2D eigenvalue weighted by Gasteiger charge is -2.24. The summed E-state index contributed by atoms with van der Waals surface area (Å²) < 4.78 is 7.16. The van der Waals surface area contributed by atoms with Crippen molar-refractivity contribution in [2.24, 2.45) is 0 Å². The maximum Gasteiger partial charge on any atom is 0.226 e. The highest BCUT2D eigenvalue weighted by molar-refractivity contribution is 6.30. The fourth-order valence-corrected chi connectivity index (χ4v) is 3.02. The number of halogens is 1. The summed E-state index contributed by atoms with van der Waals surface area (Å²) in [7, 11) is 1.66. The van der Waals surface area contributed by atoms with Crippen LogP contribution in [0.4, 0.5) is 5.95 Å². The Labute approximate surface area is 144 Å². The molecule has 3 aromatic rings. The third-order valence-electron chi connectivity index (χ3n) is 3.98. The summed E-state index contributed by atoms with van der Waals surface area (Å²) in [5.41, 5.74) is 3.03. The number of allylic oxidation sites excluding steroid dienone is 1. The van der Waals surface area contributed by atoms with Crippen molar-refractivity contribution in [1.29, 1.82) is 0 Å². The molecule has 0 spiro atoms. The van der Waals surface area contributed by atoms with Crippen LogP contribution in [0.15, 0.2) is 60.9 Å². The molecule has 0 saturated heterocycles. The minimum atomic E-state index is -0.0800. The predicted octanol–water partition coefficient (Wildman–Crippen LogP) is 4.00. The molecule has 2 aromatic carbocycles. The van der Waals surface area contributed by atoms with E-state index in [-0.39, 0.29) is 6.04 Å². The number of benzene rings is 2. The lowest BCUT2D eigenvalue weighted by atomic mass is 10.0. The zero-order chi connectivity index (χ0) is 16.5. The van der Waals surface area contributed by atoms with Gasteiger partial charge in [-0.25, -0.2) is 4.68 Å². The molecule has 24 heavy (non-hydrogen) atoms. The summed E-state index contributed by atoms with van der Waals surface area (Å²) in [5, 5.41) is 8.36. The summed E-state index contributed by atoms with van der Waals surface area (Å²) in [4.78, 5) is 4.31. The Morgan fingerprint density at radius 3 is 2.88 bits per heavy atom. The summed E-state index contributed by atoms with van der Waals surface area (Å²) in [5.74, 6) is 1.50. The van der Waals surface area contributed by atoms with E-state index in [0.717, 1.165) is 22.6 Å². The third-order valence-corrected chi connectivity index (χ3v) is 4.21. The molecule has 0 aliphatic carbocycles. The van der Waals surface area contributed by atoms with Crippen molar-refractivity contribution in [2.75, 3.05) is 12.4 Å². The van der Waals surface area contributed by atoms with Crippen molar-refractivity contribution in [2.45, 2.75) is 6.04 Å². The van der Waals surface area contributed by atoms with Gasteiger partial charge in [0.1, 0.15) is 18.1 Å². The number of fused-ring (bicyclic) bond motifs is 1. The van der Waals surface area contributed by atoms with Gasteiger partial charge in [0.05, 0.1) is 7.11 Å². The normalized spacial score (nSPS) is 16.1. The number of nitrogens with one attached hydrogen (secondary N) is 1. The number of ether oxygens (including phenoxy) is 1. The Hall–Kier alpha value is -2.79. The summed E-state index contributed by atoms with van der Waals surface area (Å²) in [6.45, 7) is 0. The van der Waals surface area contributed by atoms with Gasteiger partial charge in [-0.1, -0.05) is 35.9 Å². The second-order valence-corrected chi connectivity index (χ2v) is 5.90. The van der Waals surface area contributed by atoms with E-state index in [1.165, 1.54) is 0 Å². The minimum Gasteiger partial charge on any atom is -0.497 e. The van der Waals surface area contributed by atoms with Gasteiger partial charge < -0.3 is 10.1 Å². The van der Waals surface area contributed by atoms with Crippen LogP contribution in [0, 0.1) is 0 Å². The fourth-order valence-electron chi connectivity index (χ4n) is 2.82. The molecule has 4 rings (SSSR count). The standard InChI is InChI=1S/C18H15ClN4O/c1-24-15-7-3-4-12(9-15)16-10-17(13-5-2-6-14(19)8-13)23-18(22-16)20-11-21-23/h2-11,17H,1H3,(H,20,21,22)/t17-/m1/s1. The van der Waals surface area contributed by atoms with Crippen LogP contribution in [0.25, 0.3) is 5.70 Å². The Morgan fingerprint density at radius 1 is 1.17 bits per heavy atom. The van der Waals surface area contributed by atoms with Gasteiger partial charge >= 0.3 is 0 Å². The van der Waals surface area contributed by atoms with E-state index in [1.54, 1.807) is 13.4 Å². The Bertz CT molecular complexity index is 919. The molecule has 1 atom stereocenters. The molecule has 5 nitrogen and oxygen atoms in total. The smallest absolute Gasteiger partial charge is 0.226 e. The first-order valence-corrected chi connectivity index (χ1v) is 7.90. The number of nitrogens with zero attached hydrogens (tertiary/aromatic N) is 3.